The fraction of sp³-hybridized carbons (Fsp3) is 0.357. The Kier molecular flexibility index (Phi) is 5.22. The summed E-state index contributed by atoms with van der Waals surface area (Å²) in [6.07, 6.45) is 1.85. The zero-order valence-corrected chi connectivity index (χ0v) is 13.2. The number of nitrogens with one attached hydrogen (secondary N) is 1. The van der Waals surface area contributed by atoms with Crippen LogP contribution in [0.1, 0.15) is 36.4 Å². The van der Waals surface area contributed by atoms with Crippen molar-refractivity contribution in [1.82, 2.24) is 10.3 Å². The predicted octanol–water partition coefficient (Wildman–Crippen LogP) is 4.90. The van der Waals surface area contributed by atoms with E-state index in [4.69, 9.17) is 23.2 Å². The summed E-state index contributed by atoms with van der Waals surface area (Å²) in [4.78, 5) is 4.33. The van der Waals surface area contributed by atoms with Crippen molar-refractivity contribution in [3.63, 3.8) is 0 Å². The Morgan fingerprint density at radius 1 is 1.26 bits per heavy atom. The second-order valence-electron chi connectivity index (χ2n) is 4.57. The second kappa shape index (κ2) is 6.71. The molecule has 5 heteroatoms. The van der Waals surface area contributed by atoms with Gasteiger partial charge in [-0.1, -0.05) is 36.2 Å². The van der Waals surface area contributed by atoms with Gasteiger partial charge in [0.05, 0.1) is 15.1 Å². The largest absolute Gasteiger partial charge is 0.310 e. The molecule has 19 heavy (non-hydrogen) atoms. The van der Waals surface area contributed by atoms with Crippen molar-refractivity contribution >= 4 is 34.5 Å². The average Bonchev–Trinajstić information content (AvgIpc) is 2.92. The molecule has 0 saturated heterocycles. The van der Waals surface area contributed by atoms with Crippen molar-refractivity contribution in [2.24, 2.45) is 0 Å². The minimum absolute atomic E-state index is 0.233. The number of hydrogen-bond donors (Lipinski definition) is 1. The van der Waals surface area contributed by atoms with Crippen LogP contribution in [0.2, 0.25) is 10.0 Å². The van der Waals surface area contributed by atoms with Crippen molar-refractivity contribution in [3.8, 4) is 0 Å². The first kappa shape index (κ1) is 14.8. The summed E-state index contributed by atoms with van der Waals surface area (Å²) in [5.41, 5.74) is 1.14. The molecule has 0 aliphatic carbocycles. The van der Waals surface area contributed by atoms with Crippen molar-refractivity contribution in [1.29, 1.82) is 0 Å². The van der Waals surface area contributed by atoms with E-state index in [0.717, 1.165) is 17.1 Å². The maximum Gasteiger partial charge on any atom is 0.0965 e. The van der Waals surface area contributed by atoms with Gasteiger partial charge in [-0.3, -0.25) is 0 Å². The molecule has 0 saturated carbocycles. The molecule has 2 nitrogen and oxygen atoms in total. The molecule has 102 valence electrons. The topological polar surface area (TPSA) is 24.9 Å². The number of nitrogens with zero attached hydrogens (tertiary/aromatic N) is 1. The van der Waals surface area contributed by atoms with E-state index in [1.165, 1.54) is 0 Å². The van der Waals surface area contributed by atoms with Gasteiger partial charge in [0.2, 0.25) is 0 Å². The van der Waals surface area contributed by atoms with E-state index in [1.807, 2.05) is 29.8 Å². The van der Waals surface area contributed by atoms with Crippen LogP contribution in [0, 0.1) is 0 Å². The summed E-state index contributed by atoms with van der Waals surface area (Å²) in [5, 5.41) is 7.86. The summed E-state index contributed by atoms with van der Waals surface area (Å²) >= 11 is 13.6. The molecule has 0 bridgehead atoms. The Hall–Kier alpha value is -0.610. The number of benzene rings is 1. The standard InChI is InChI=1S/C14H16Cl2N2S/c1-9(14-17-5-6-19-14)8-18-10(2)11-3-4-12(15)13(16)7-11/h3-7,9-10,18H,8H2,1-2H3. The zero-order valence-electron chi connectivity index (χ0n) is 10.9. The Bertz CT molecular complexity index is 528. The molecule has 0 amide bonds. The lowest BCUT2D eigenvalue weighted by Crippen LogP contribution is -2.23. The van der Waals surface area contributed by atoms with Gasteiger partial charge in [-0.15, -0.1) is 11.3 Å². The van der Waals surface area contributed by atoms with Crippen molar-refractivity contribution in [2.75, 3.05) is 6.54 Å². The summed E-state index contributed by atoms with van der Waals surface area (Å²) in [7, 11) is 0. The van der Waals surface area contributed by atoms with Gasteiger partial charge < -0.3 is 5.32 Å². The lowest BCUT2D eigenvalue weighted by molar-refractivity contribution is 0.536. The molecular weight excluding hydrogens is 299 g/mol. The zero-order chi connectivity index (χ0) is 13.8. The summed E-state index contributed by atoms with van der Waals surface area (Å²) < 4.78 is 0. The lowest BCUT2D eigenvalue weighted by atomic mass is 10.1. The van der Waals surface area contributed by atoms with Crippen LogP contribution >= 0.6 is 34.5 Å². The van der Waals surface area contributed by atoms with Gasteiger partial charge >= 0.3 is 0 Å². The van der Waals surface area contributed by atoms with Crippen LogP contribution < -0.4 is 5.32 Å². The smallest absolute Gasteiger partial charge is 0.0965 e. The van der Waals surface area contributed by atoms with Gasteiger partial charge in [0, 0.05) is 30.1 Å². The highest BCUT2D eigenvalue weighted by molar-refractivity contribution is 7.09. The molecule has 1 aromatic heterocycles. The maximum absolute atomic E-state index is 6.03. The van der Waals surface area contributed by atoms with Crippen molar-refractivity contribution < 1.29 is 0 Å². The van der Waals surface area contributed by atoms with Crippen LogP contribution in [0.5, 0.6) is 0 Å². The lowest BCUT2D eigenvalue weighted by Gasteiger charge is -2.17. The molecule has 1 aromatic carbocycles. The number of hydrogen-bond acceptors (Lipinski definition) is 3. The third-order valence-corrected chi connectivity index (χ3v) is 4.79. The van der Waals surface area contributed by atoms with Crippen molar-refractivity contribution in [3.05, 3.63) is 50.4 Å². The molecule has 0 spiro atoms. The van der Waals surface area contributed by atoms with Crippen LogP contribution in [-0.4, -0.2) is 11.5 Å². The summed E-state index contributed by atoms with van der Waals surface area (Å²) in [5.74, 6) is 0.408. The predicted molar refractivity (Wildman–Crippen MR) is 83.4 cm³/mol. The first-order chi connectivity index (χ1) is 9.08. The van der Waals surface area contributed by atoms with Gasteiger partial charge in [-0.2, -0.15) is 0 Å². The second-order valence-corrected chi connectivity index (χ2v) is 6.32. The third kappa shape index (κ3) is 3.93. The van der Waals surface area contributed by atoms with Gasteiger partial charge in [-0.05, 0) is 24.6 Å². The summed E-state index contributed by atoms with van der Waals surface area (Å²) in [6, 6.07) is 5.98. The molecule has 2 rings (SSSR count). The number of thiazole rings is 1. The van der Waals surface area contributed by atoms with E-state index in [1.54, 1.807) is 11.3 Å². The maximum atomic E-state index is 6.03. The molecule has 0 radical (unpaired) electrons. The Balaban J connectivity index is 1.93. The van der Waals surface area contributed by atoms with E-state index in [0.29, 0.717) is 16.0 Å². The van der Waals surface area contributed by atoms with Gasteiger partial charge in [0.15, 0.2) is 0 Å². The van der Waals surface area contributed by atoms with Crippen LogP contribution in [0.4, 0.5) is 0 Å². The number of rotatable bonds is 5. The van der Waals surface area contributed by atoms with E-state index in [2.05, 4.69) is 24.1 Å². The highest BCUT2D eigenvalue weighted by Crippen LogP contribution is 2.26. The Morgan fingerprint density at radius 3 is 2.68 bits per heavy atom. The Labute approximate surface area is 127 Å². The molecule has 1 N–H and O–H groups in total. The highest BCUT2D eigenvalue weighted by Gasteiger charge is 2.11. The van der Waals surface area contributed by atoms with Crippen LogP contribution in [0.25, 0.3) is 0 Å². The fourth-order valence-corrected chi connectivity index (χ4v) is 2.82. The molecule has 0 fully saturated rings. The van der Waals surface area contributed by atoms with Gasteiger partial charge in [0.1, 0.15) is 0 Å². The van der Waals surface area contributed by atoms with Crippen molar-refractivity contribution in [2.45, 2.75) is 25.8 Å². The molecule has 2 aromatic rings. The van der Waals surface area contributed by atoms with Crippen LogP contribution in [0.15, 0.2) is 29.8 Å². The van der Waals surface area contributed by atoms with Gasteiger partial charge in [-0.25, -0.2) is 4.98 Å². The van der Waals surface area contributed by atoms with E-state index < -0.39 is 0 Å². The average molecular weight is 315 g/mol. The molecular formula is C14H16Cl2N2S. The van der Waals surface area contributed by atoms with Crippen LogP contribution in [-0.2, 0) is 0 Å². The van der Waals surface area contributed by atoms with Gasteiger partial charge in [0.25, 0.3) is 0 Å². The third-order valence-electron chi connectivity index (χ3n) is 3.05. The Morgan fingerprint density at radius 2 is 2.05 bits per heavy atom. The normalized spacial score (nSPS) is 14.3. The molecule has 0 aliphatic heterocycles. The molecule has 2 atom stereocenters. The van der Waals surface area contributed by atoms with E-state index >= 15 is 0 Å². The fourth-order valence-electron chi connectivity index (χ4n) is 1.82. The minimum Gasteiger partial charge on any atom is -0.310 e. The molecule has 2 unspecified atom stereocenters. The van der Waals surface area contributed by atoms with E-state index in [9.17, 15) is 0 Å². The first-order valence-corrected chi connectivity index (χ1v) is 7.79. The number of aromatic nitrogens is 1. The monoisotopic (exact) mass is 314 g/mol. The molecule has 1 heterocycles. The SMILES string of the molecule is CC(CNC(C)c1ccc(Cl)c(Cl)c1)c1nccs1. The quantitative estimate of drug-likeness (QED) is 0.848. The van der Waals surface area contributed by atoms with E-state index in [-0.39, 0.29) is 6.04 Å². The minimum atomic E-state index is 0.233. The number of halogens is 2. The highest BCUT2D eigenvalue weighted by atomic mass is 35.5. The first-order valence-electron chi connectivity index (χ1n) is 6.15. The molecule has 0 aliphatic rings. The van der Waals surface area contributed by atoms with Crippen LogP contribution in [0.3, 0.4) is 0 Å². The summed E-state index contributed by atoms with van der Waals surface area (Å²) in [6.45, 7) is 5.18.